The number of H-pyrrole nitrogens is 1. The van der Waals surface area contributed by atoms with E-state index in [9.17, 15) is 58.5 Å². The summed E-state index contributed by atoms with van der Waals surface area (Å²) >= 11 is 1.12. The van der Waals surface area contributed by atoms with Crippen LogP contribution in [-0.2, 0) is 62.4 Å². The van der Waals surface area contributed by atoms with Crippen molar-refractivity contribution in [1.29, 1.82) is 0 Å². The number of rotatable bonds is 22. The summed E-state index contributed by atoms with van der Waals surface area (Å²) in [6.45, 7) is 0.198. The molecule has 6 rings (SSSR count). The fourth-order valence-corrected chi connectivity index (χ4v) is 10.3. The molecule has 4 heterocycles. The molecule has 0 aliphatic carbocycles. The number of carboxylic acid groups (broad SMARTS) is 2. The molecule has 15 N–H and O–H groups in total. The van der Waals surface area contributed by atoms with Crippen LogP contribution in [0.15, 0.2) is 72.1 Å². The molecule has 25 nitrogen and oxygen atoms in total. The highest BCUT2D eigenvalue weighted by Gasteiger charge is 2.47. The van der Waals surface area contributed by atoms with Crippen molar-refractivity contribution in [2.45, 2.75) is 118 Å². The molecule has 3 saturated heterocycles. The van der Waals surface area contributed by atoms with Gasteiger partial charge in [0.05, 0.1) is 24.2 Å². The summed E-state index contributed by atoms with van der Waals surface area (Å²) in [7, 11) is 0. The molecule has 3 aliphatic rings. The third kappa shape index (κ3) is 15.1. The van der Waals surface area contributed by atoms with Gasteiger partial charge >= 0.3 is 11.9 Å². The van der Waals surface area contributed by atoms with Gasteiger partial charge < -0.3 is 73.9 Å². The molecule has 26 heteroatoms. The highest BCUT2D eigenvalue weighted by atomic mass is 32.2. The molecular formula is C47H61N13O12S. The van der Waals surface area contributed by atoms with E-state index < -0.39 is 113 Å². The van der Waals surface area contributed by atoms with E-state index in [1.165, 1.54) is 34.5 Å². The number of aromatic hydroxyl groups is 1. The highest BCUT2D eigenvalue weighted by molar-refractivity contribution is 7.99. The number of carbonyl (C=O) groups excluding carboxylic acids is 7. The number of nitrogens with zero attached hydrogens (tertiary/aromatic N) is 4. The van der Waals surface area contributed by atoms with E-state index >= 15 is 0 Å². The van der Waals surface area contributed by atoms with Gasteiger partial charge in [0.2, 0.25) is 41.4 Å². The smallest absolute Gasteiger partial charge is 0.326 e. The molecule has 0 saturated carbocycles. The zero-order valence-electron chi connectivity index (χ0n) is 39.7. The predicted molar refractivity (Wildman–Crippen MR) is 263 cm³/mol. The van der Waals surface area contributed by atoms with Crippen LogP contribution in [0.4, 0.5) is 0 Å². The average Bonchev–Trinajstić information content (AvgIpc) is 4.16. The van der Waals surface area contributed by atoms with Crippen molar-refractivity contribution in [3.63, 3.8) is 0 Å². The van der Waals surface area contributed by atoms with Crippen LogP contribution < -0.4 is 43.8 Å². The Balaban J connectivity index is 1.23. The summed E-state index contributed by atoms with van der Waals surface area (Å²) in [6, 6.07) is 4.34. The van der Waals surface area contributed by atoms with E-state index in [1.54, 1.807) is 42.5 Å². The largest absolute Gasteiger partial charge is 0.508 e. The van der Waals surface area contributed by atoms with Crippen LogP contribution in [0.3, 0.4) is 0 Å². The number of carboxylic acids is 2. The third-order valence-corrected chi connectivity index (χ3v) is 14.0. The number of nitrogens with two attached hydrogens (primary N) is 3. The number of amides is 7. The summed E-state index contributed by atoms with van der Waals surface area (Å²) in [4.78, 5) is 136. The van der Waals surface area contributed by atoms with Gasteiger partial charge in [-0.2, -0.15) is 0 Å². The molecule has 0 bridgehead atoms. The number of benzene rings is 2. The maximum Gasteiger partial charge on any atom is 0.326 e. The Kier molecular flexibility index (Phi) is 19.1. The first kappa shape index (κ1) is 54.6. The maximum atomic E-state index is 14.9. The number of carbonyl (C=O) groups is 9. The van der Waals surface area contributed by atoms with Gasteiger partial charge in [0, 0.05) is 50.0 Å². The number of aromatic nitrogens is 2. The van der Waals surface area contributed by atoms with E-state index in [4.69, 9.17) is 17.2 Å². The topological polar surface area (TPSA) is 400 Å². The number of imidazole rings is 1. The minimum atomic E-state index is -1.51. The van der Waals surface area contributed by atoms with Crippen molar-refractivity contribution in [2.75, 3.05) is 18.8 Å². The second kappa shape index (κ2) is 25.6. The summed E-state index contributed by atoms with van der Waals surface area (Å²) < 4.78 is 0. The molecule has 2 aromatic carbocycles. The average molecular weight is 1030 g/mol. The molecule has 1 aromatic heterocycles. The molecule has 0 unspecified atom stereocenters. The Hall–Kier alpha value is -7.74. The highest BCUT2D eigenvalue weighted by Crippen LogP contribution is 2.35. The normalized spacial score (nSPS) is 21.4. The van der Waals surface area contributed by atoms with E-state index in [2.05, 4.69) is 41.5 Å². The lowest BCUT2D eigenvalue weighted by atomic mass is 10.0. The Labute approximate surface area is 423 Å². The second-order valence-electron chi connectivity index (χ2n) is 18.0. The number of hydrogen-bond acceptors (Lipinski definition) is 14. The van der Waals surface area contributed by atoms with E-state index in [0.29, 0.717) is 23.2 Å². The van der Waals surface area contributed by atoms with Crippen LogP contribution >= 0.6 is 11.8 Å². The number of hydrogen-bond donors (Lipinski definition) is 12. The summed E-state index contributed by atoms with van der Waals surface area (Å²) in [6.07, 6.45) is 3.04. The van der Waals surface area contributed by atoms with Gasteiger partial charge in [-0.1, -0.05) is 42.5 Å². The number of fused-ring (bicyclic) bond motifs is 1. The Bertz CT molecular complexity index is 2500. The molecule has 73 heavy (non-hydrogen) atoms. The number of aliphatic imine (C=N–C) groups is 1. The minimum Gasteiger partial charge on any atom is -0.508 e. The van der Waals surface area contributed by atoms with Crippen LogP contribution in [0, 0.1) is 0 Å². The Morgan fingerprint density at radius 3 is 2.23 bits per heavy atom. The monoisotopic (exact) mass is 1030 g/mol. The first-order valence-electron chi connectivity index (χ1n) is 23.7. The van der Waals surface area contributed by atoms with Crippen LogP contribution in [0.5, 0.6) is 5.75 Å². The van der Waals surface area contributed by atoms with E-state index in [0.717, 1.165) is 11.8 Å². The first-order valence-corrected chi connectivity index (χ1v) is 24.7. The molecule has 392 valence electrons. The lowest BCUT2D eigenvalue weighted by Crippen LogP contribution is -2.60. The molecular weight excluding hydrogens is 971 g/mol. The molecule has 9 atom stereocenters. The van der Waals surface area contributed by atoms with Gasteiger partial charge in [-0.3, -0.25) is 43.3 Å². The van der Waals surface area contributed by atoms with Crippen molar-refractivity contribution in [3.8, 4) is 5.75 Å². The number of aliphatic carboxylic acids is 2. The SMILES string of the molecule is NC(N)=NCCC[C@H](NC(=O)[C@@H](N)CC(=O)O)C(=O)N[C@@H]1CS[C@H]2CC[C@@H](C(=O)N[C@@H](Cc3cnc[nH]3)C(=O)N3CCC[C@H]3C(=O)N[C@@H](Cc3ccccc3)C(=O)O)N2C(=O)[C@H](Cc2ccc(O)cc2)NC1=O. The van der Waals surface area contributed by atoms with Crippen molar-refractivity contribution in [3.05, 3.63) is 83.9 Å². The third-order valence-electron chi connectivity index (χ3n) is 12.6. The van der Waals surface area contributed by atoms with Crippen LogP contribution in [0.1, 0.15) is 61.8 Å². The number of thioether (sulfide) groups is 1. The maximum absolute atomic E-state index is 14.9. The zero-order valence-corrected chi connectivity index (χ0v) is 40.5. The number of guanidine groups is 1. The van der Waals surface area contributed by atoms with Crippen LogP contribution in [0.2, 0.25) is 0 Å². The van der Waals surface area contributed by atoms with Crippen LogP contribution in [-0.4, -0.2) is 167 Å². The zero-order chi connectivity index (χ0) is 52.8. The number of phenols is 1. The fourth-order valence-electron chi connectivity index (χ4n) is 8.92. The van der Waals surface area contributed by atoms with Gasteiger partial charge in [0.15, 0.2) is 5.96 Å². The Morgan fingerprint density at radius 1 is 0.849 bits per heavy atom. The first-order chi connectivity index (χ1) is 34.9. The van der Waals surface area contributed by atoms with Crippen molar-refractivity contribution >= 4 is 71.0 Å². The van der Waals surface area contributed by atoms with E-state index in [-0.39, 0.29) is 81.9 Å². The van der Waals surface area contributed by atoms with Crippen molar-refractivity contribution in [2.24, 2.45) is 22.2 Å². The molecule has 0 radical (unpaired) electrons. The molecule has 3 aliphatic heterocycles. The predicted octanol–water partition coefficient (Wildman–Crippen LogP) is -2.44. The standard InChI is InChI=1S/C47H61N13O12S/c48-29(21-38(62)63)39(64)54-30(8-4-16-52-47(49)50)40(65)58-34-23-73-37-15-14-36(60(37)45(70)31(55-41(34)66)18-26-10-12-28(61)13-11-26)43(68)56-32(20-27-22-51-24-53-27)44(69)59-17-5-9-35(59)42(67)57-33(46(71)72)19-25-6-2-1-3-7-25/h1-3,6-7,10-13,22,24,29-37,61H,4-5,8-9,14-21,23,48H2,(H,51,53)(H,54,64)(H,55,66)(H,56,68)(H,57,67)(H,58,65)(H,62,63)(H,71,72)(H4,49,50,52)/t29-,30-,31-,32-,33-,34+,35-,36-,37-/m0/s1. The summed E-state index contributed by atoms with van der Waals surface area (Å²) in [5, 5.41) is 41.7. The van der Waals surface area contributed by atoms with Gasteiger partial charge in [-0.05, 0) is 61.8 Å². The van der Waals surface area contributed by atoms with Gasteiger partial charge in [0.1, 0.15) is 48.0 Å². The minimum absolute atomic E-state index is 0.00179. The molecule has 3 fully saturated rings. The van der Waals surface area contributed by atoms with Crippen LogP contribution in [0.25, 0.3) is 0 Å². The number of phenolic OH excluding ortho intramolecular Hbond substituents is 1. The molecule has 7 amide bonds. The molecule has 3 aromatic rings. The fraction of sp³-hybridized carbons (Fsp3) is 0.468. The van der Waals surface area contributed by atoms with E-state index in [1.807, 2.05) is 0 Å². The Morgan fingerprint density at radius 2 is 1.56 bits per heavy atom. The summed E-state index contributed by atoms with van der Waals surface area (Å²) in [5.74, 6) is -8.20. The summed E-state index contributed by atoms with van der Waals surface area (Å²) in [5.41, 5.74) is 18.3. The second-order valence-corrected chi connectivity index (χ2v) is 19.2. The molecule has 0 spiro atoms. The van der Waals surface area contributed by atoms with Crippen molar-refractivity contribution in [1.82, 2.24) is 46.4 Å². The lowest BCUT2D eigenvalue weighted by Gasteiger charge is -2.33. The number of aromatic amines is 1. The van der Waals surface area contributed by atoms with Gasteiger partial charge in [-0.15, -0.1) is 11.8 Å². The number of likely N-dealkylation sites (tertiary alicyclic amines) is 1. The quantitative estimate of drug-likeness (QED) is 0.0283. The van der Waals surface area contributed by atoms with Gasteiger partial charge in [0.25, 0.3) is 0 Å². The van der Waals surface area contributed by atoms with Crippen molar-refractivity contribution < 1.29 is 58.5 Å². The number of nitrogens with one attached hydrogen (secondary N) is 6. The van der Waals surface area contributed by atoms with Gasteiger partial charge in [-0.25, -0.2) is 9.78 Å². The lowest BCUT2D eigenvalue weighted by molar-refractivity contribution is -0.145.